The van der Waals surface area contributed by atoms with Gasteiger partial charge in [0.05, 0.1) is 25.0 Å². The van der Waals surface area contributed by atoms with Gasteiger partial charge in [-0.2, -0.15) is 4.98 Å². The number of furan rings is 1. The van der Waals surface area contributed by atoms with Gasteiger partial charge in [-0.1, -0.05) is 28.4 Å². The van der Waals surface area contributed by atoms with Crippen LogP contribution in [0.1, 0.15) is 23.1 Å². The first-order valence-electron chi connectivity index (χ1n) is 7.75. The first-order chi connectivity index (χ1) is 12.0. The molecular formula is C17H15Cl2N3O3. The summed E-state index contributed by atoms with van der Waals surface area (Å²) in [5, 5.41) is 15.6. The van der Waals surface area contributed by atoms with Crippen LogP contribution in [0.4, 0.5) is 0 Å². The molecule has 1 aromatic carbocycles. The molecule has 1 aliphatic carbocycles. The molecule has 8 heteroatoms. The summed E-state index contributed by atoms with van der Waals surface area (Å²) in [7, 11) is 1.88. The number of likely N-dealkylation sites (N-methyl/N-ethyl adjacent to an activating group) is 1. The highest BCUT2D eigenvalue weighted by Crippen LogP contribution is 2.41. The Morgan fingerprint density at radius 1 is 1.36 bits per heavy atom. The van der Waals surface area contributed by atoms with Crippen molar-refractivity contribution in [3.63, 3.8) is 0 Å². The number of aromatic nitrogens is 2. The highest BCUT2D eigenvalue weighted by molar-refractivity contribution is 6.35. The predicted molar refractivity (Wildman–Crippen MR) is 92.4 cm³/mol. The summed E-state index contributed by atoms with van der Waals surface area (Å²) < 4.78 is 10.6. The minimum absolute atomic E-state index is 0.245. The second-order valence-electron chi connectivity index (χ2n) is 6.08. The maximum Gasteiger partial charge on any atom is 0.241 e. The first-order valence-corrected chi connectivity index (χ1v) is 8.51. The van der Waals surface area contributed by atoms with E-state index in [1.54, 1.807) is 24.5 Å². The van der Waals surface area contributed by atoms with E-state index in [-0.39, 0.29) is 6.04 Å². The van der Waals surface area contributed by atoms with E-state index in [4.69, 9.17) is 32.1 Å². The Morgan fingerprint density at radius 3 is 2.96 bits per heavy atom. The topological polar surface area (TPSA) is 75.5 Å². The molecule has 0 spiro atoms. The second-order valence-corrected chi connectivity index (χ2v) is 6.92. The highest BCUT2D eigenvalue weighted by Gasteiger charge is 2.36. The van der Waals surface area contributed by atoms with Gasteiger partial charge < -0.3 is 14.0 Å². The first kappa shape index (κ1) is 16.6. The lowest BCUT2D eigenvalue weighted by atomic mass is 10.1. The lowest BCUT2D eigenvalue weighted by Crippen LogP contribution is -2.30. The Labute approximate surface area is 154 Å². The third kappa shape index (κ3) is 3.06. The van der Waals surface area contributed by atoms with Crippen molar-refractivity contribution in [3.8, 4) is 11.6 Å². The number of hydrogen-bond acceptors (Lipinski definition) is 6. The van der Waals surface area contributed by atoms with Gasteiger partial charge in [-0.15, -0.1) is 0 Å². The summed E-state index contributed by atoms with van der Waals surface area (Å²) in [5.41, 5.74) is 1.86. The number of nitrogens with zero attached hydrogens (tertiary/aromatic N) is 3. The van der Waals surface area contributed by atoms with Gasteiger partial charge in [0.25, 0.3) is 0 Å². The molecule has 0 aliphatic heterocycles. The minimum atomic E-state index is -0.580. The fourth-order valence-corrected chi connectivity index (χ4v) is 3.88. The number of benzene rings is 1. The quantitative estimate of drug-likeness (QED) is 0.744. The number of fused-ring (bicyclic) bond motifs is 1. The maximum absolute atomic E-state index is 10.5. The van der Waals surface area contributed by atoms with E-state index < -0.39 is 6.10 Å². The predicted octanol–water partition coefficient (Wildman–Crippen LogP) is 3.73. The van der Waals surface area contributed by atoms with Crippen LogP contribution in [0.2, 0.25) is 10.0 Å². The van der Waals surface area contributed by atoms with Crippen molar-refractivity contribution in [3.05, 3.63) is 57.6 Å². The average molecular weight is 380 g/mol. The third-order valence-electron chi connectivity index (χ3n) is 4.36. The molecule has 2 heterocycles. The van der Waals surface area contributed by atoms with E-state index in [1.165, 1.54) is 0 Å². The molecule has 0 saturated heterocycles. The average Bonchev–Trinajstić information content (AvgIpc) is 3.25. The largest absolute Gasteiger partial charge is 0.461 e. The van der Waals surface area contributed by atoms with Crippen LogP contribution in [0, 0.1) is 0 Å². The van der Waals surface area contributed by atoms with Crippen molar-refractivity contribution in [1.82, 2.24) is 15.0 Å². The molecule has 0 unspecified atom stereocenters. The van der Waals surface area contributed by atoms with Gasteiger partial charge in [0.2, 0.25) is 11.7 Å². The Hall–Kier alpha value is -1.86. The third-order valence-corrected chi connectivity index (χ3v) is 4.92. The number of aliphatic hydroxyl groups excluding tert-OH is 1. The van der Waals surface area contributed by atoms with Crippen molar-refractivity contribution in [2.24, 2.45) is 0 Å². The van der Waals surface area contributed by atoms with Crippen molar-refractivity contribution in [2.75, 3.05) is 7.05 Å². The Kier molecular flexibility index (Phi) is 4.29. The molecule has 130 valence electrons. The van der Waals surface area contributed by atoms with E-state index in [9.17, 15) is 5.11 Å². The van der Waals surface area contributed by atoms with Crippen LogP contribution in [0.15, 0.2) is 39.5 Å². The van der Waals surface area contributed by atoms with Gasteiger partial charge in [-0.05, 0) is 42.4 Å². The lowest BCUT2D eigenvalue weighted by molar-refractivity contribution is 0.0667. The molecule has 0 amide bonds. The van der Waals surface area contributed by atoms with Gasteiger partial charge in [-0.3, -0.25) is 4.90 Å². The fraction of sp³-hybridized carbons (Fsp3) is 0.294. The number of hydrogen-bond donors (Lipinski definition) is 1. The van der Waals surface area contributed by atoms with Gasteiger partial charge in [0, 0.05) is 16.5 Å². The standard InChI is InChI=1S/C17H15Cl2N3O3/c1-22(8-15-20-17(21-25-15)14-3-2-4-24-14)16-11-5-9(18)6-12(19)10(11)7-13(16)23/h2-6,13,16,23H,7-8H2,1H3/t13-,16+/m0/s1. The Balaban J connectivity index is 1.57. The van der Waals surface area contributed by atoms with Gasteiger partial charge in [0.1, 0.15) is 0 Å². The zero-order valence-electron chi connectivity index (χ0n) is 13.3. The normalized spacial score (nSPS) is 19.6. The zero-order valence-corrected chi connectivity index (χ0v) is 14.8. The van der Waals surface area contributed by atoms with Crippen LogP contribution in [-0.2, 0) is 13.0 Å². The molecule has 0 saturated carbocycles. The summed E-state index contributed by atoms with van der Waals surface area (Å²) in [6.07, 6.45) is 1.46. The summed E-state index contributed by atoms with van der Waals surface area (Å²) in [5.74, 6) is 1.37. The molecule has 1 aliphatic rings. The van der Waals surface area contributed by atoms with E-state index in [1.807, 2.05) is 18.0 Å². The van der Waals surface area contributed by atoms with Crippen molar-refractivity contribution in [2.45, 2.75) is 25.1 Å². The fourth-order valence-electron chi connectivity index (χ4n) is 3.30. The molecule has 25 heavy (non-hydrogen) atoms. The summed E-state index contributed by atoms with van der Waals surface area (Å²) in [6.45, 7) is 0.374. The van der Waals surface area contributed by atoms with Crippen molar-refractivity contribution in [1.29, 1.82) is 0 Å². The SMILES string of the molecule is CN(Cc1nc(-c2ccco2)no1)[C@@H]1c2cc(Cl)cc(Cl)c2C[C@@H]1O. The molecule has 0 radical (unpaired) electrons. The molecule has 3 aromatic rings. The minimum Gasteiger partial charge on any atom is -0.461 e. The molecule has 6 nitrogen and oxygen atoms in total. The van der Waals surface area contributed by atoms with Crippen LogP contribution in [0.5, 0.6) is 0 Å². The molecule has 4 rings (SSSR count). The molecule has 2 aromatic heterocycles. The van der Waals surface area contributed by atoms with Crippen LogP contribution < -0.4 is 0 Å². The van der Waals surface area contributed by atoms with Gasteiger partial charge in [0.15, 0.2) is 5.76 Å². The smallest absolute Gasteiger partial charge is 0.241 e. The Morgan fingerprint density at radius 2 is 2.20 bits per heavy atom. The summed E-state index contributed by atoms with van der Waals surface area (Å²) in [6, 6.07) is 6.83. The van der Waals surface area contributed by atoms with E-state index >= 15 is 0 Å². The highest BCUT2D eigenvalue weighted by atomic mass is 35.5. The van der Waals surface area contributed by atoms with Crippen LogP contribution in [0.3, 0.4) is 0 Å². The second kappa shape index (κ2) is 6.46. The van der Waals surface area contributed by atoms with Crippen LogP contribution >= 0.6 is 23.2 Å². The Bertz CT molecular complexity index is 895. The van der Waals surface area contributed by atoms with Crippen molar-refractivity contribution >= 4 is 23.2 Å². The molecule has 0 fully saturated rings. The van der Waals surface area contributed by atoms with Crippen LogP contribution in [-0.4, -0.2) is 33.3 Å². The molecule has 1 N–H and O–H groups in total. The van der Waals surface area contributed by atoms with Crippen molar-refractivity contribution < 1.29 is 14.0 Å². The lowest BCUT2D eigenvalue weighted by Gasteiger charge is -2.26. The monoisotopic (exact) mass is 379 g/mol. The number of halogens is 2. The van der Waals surface area contributed by atoms with E-state index in [0.717, 1.165) is 11.1 Å². The van der Waals surface area contributed by atoms with Gasteiger partial charge >= 0.3 is 0 Å². The molecule has 0 bridgehead atoms. The summed E-state index contributed by atoms with van der Waals surface area (Å²) in [4.78, 5) is 6.28. The number of aliphatic hydroxyl groups is 1. The molecular weight excluding hydrogens is 365 g/mol. The molecule has 2 atom stereocenters. The maximum atomic E-state index is 10.5. The van der Waals surface area contributed by atoms with E-state index in [2.05, 4.69) is 10.1 Å². The van der Waals surface area contributed by atoms with Crippen LogP contribution in [0.25, 0.3) is 11.6 Å². The van der Waals surface area contributed by atoms with E-state index in [0.29, 0.717) is 40.5 Å². The number of rotatable bonds is 4. The summed E-state index contributed by atoms with van der Waals surface area (Å²) >= 11 is 12.4. The zero-order chi connectivity index (χ0) is 17.6. The van der Waals surface area contributed by atoms with Gasteiger partial charge in [-0.25, -0.2) is 0 Å².